The molecule has 1 saturated carbocycles. The van der Waals surface area contributed by atoms with Crippen LogP contribution in [0.1, 0.15) is 29.5 Å². The third kappa shape index (κ3) is 1.68. The number of aromatic nitrogens is 2. The van der Waals surface area contributed by atoms with Crippen molar-refractivity contribution in [3.8, 4) is 0 Å². The average molecular weight is 244 g/mol. The Balaban J connectivity index is 2.16. The van der Waals surface area contributed by atoms with Gasteiger partial charge in [-0.2, -0.15) is 0 Å². The molecule has 2 atom stereocenters. The predicted molar refractivity (Wildman–Crippen MR) is 68.7 cm³/mol. The van der Waals surface area contributed by atoms with Crippen LogP contribution in [-0.2, 0) is 6.54 Å². The van der Waals surface area contributed by atoms with Crippen molar-refractivity contribution < 1.29 is 9.90 Å². The highest BCUT2D eigenvalue weighted by Gasteiger charge is 2.33. The zero-order valence-corrected chi connectivity index (χ0v) is 10.6. The minimum absolute atomic E-state index is 0.349. The maximum Gasteiger partial charge on any atom is 0.337 e. The van der Waals surface area contributed by atoms with E-state index in [1.54, 1.807) is 12.1 Å². The van der Waals surface area contributed by atoms with E-state index in [1.807, 2.05) is 13.0 Å². The zero-order valence-electron chi connectivity index (χ0n) is 10.6. The van der Waals surface area contributed by atoms with Gasteiger partial charge >= 0.3 is 5.97 Å². The van der Waals surface area contributed by atoms with Crippen LogP contribution in [0.3, 0.4) is 0 Å². The fraction of sp³-hybridized carbons (Fsp3) is 0.429. The number of rotatable bonds is 3. The van der Waals surface area contributed by atoms with Crippen LogP contribution in [0.4, 0.5) is 0 Å². The van der Waals surface area contributed by atoms with Crippen molar-refractivity contribution >= 4 is 17.0 Å². The van der Waals surface area contributed by atoms with Crippen molar-refractivity contribution in [1.82, 2.24) is 9.55 Å². The van der Waals surface area contributed by atoms with Crippen LogP contribution in [0, 0.1) is 18.8 Å². The molecule has 18 heavy (non-hydrogen) atoms. The first-order valence-corrected chi connectivity index (χ1v) is 6.27. The van der Waals surface area contributed by atoms with Crippen molar-refractivity contribution in [3.63, 3.8) is 0 Å². The molecular formula is C14H16N2O2. The van der Waals surface area contributed by atoms with Gasteiger partial charge in [-0.25, -0.2) is 9.78 Å². The Morgan fingerprint density at radius 1 is 1.56 bits per heavy atom. The molecule has 1 N–H and O–H groups in total. The number of benzene rings is 1. The summed E-state index contributed by atoms with van der Waals surface area (Å²) in [5.41, 5.74) is 1.89. The standard InChI is InChI=1S/C14H16N2O2/c1-8-6-10(8)7-16-9(2)15-12-5-3-4-11(13(12)16)14(17)18/h3-5,8,10H,6-7H2,1-2H3,(H,17,18). The van der Waals surface area contributed by atoms with E-state index in [9.17, 15) is 9.90 Å². The summed E-state index contributed by atoms with van der Waals surface area (Å²) >= 11 is 0. The van der Waals surface area contributed by atoms with E-state index in [1.165, 1.54) is 6.42 Å². The Morgan fingerprint density at radius 3 is 2.89 bits per heavy atom. The summed E-state index contributed by atoms with van der Waals surface area (Å²) in [5.74, 6) is 1.44. The number of nitrogens with zero attached hydrogens (tertiary/aromatic N) is 2. The quantitative estimate of drug-likeness (QED) is 0.903. The molecule has 1 aromatic carbocycles. The first kappa shape index (κ1) is 11.3. The fourth-order valence-electron chi connectivity index (χ4n) is 2.59. The van der Waals surface area contributed by atoms with Crippen LogP contribution in [0.25, 0.3) is 11.0 Å². The van der Waals surface area contributed by atoms with Gasteiger partial charge in [0.05, 0.1) is 16.6 Å². The van der Waals surface area contributed by atoms with Crippen LogP contribution < -0.4 is 0 Å². The van der Waals surface area contributed by atoms with Gasteiger partial charge in [-0.15, -0.1) is 0 Å². The summed E-state index contributed by atoms with van der Waals surface area (Å²) in [7, 11) is 0. The molecule has 0 bridgehead atoms. The number of carboxylic acids is 1. The van der Waals surface area contributed by atoms with Crippen LogP contribution in [0.15, 0.2) is 18.2 Å². The summed E-state index contributed by atoms with van der Waals surface area (Å²) in [5, 5.41) is 9.28. The van der Waals surface area contributed by atoms with Crippen LogP contribution in [0.2, 0.25) is 0 Å². The smallest absolute Gasteiger partial charge is 0.337 e. The second-order valence-electron chi connectivity index (χ2n) is 5.22. The number of aryl methyl sites for hydroxylation is 1. The number of para-hydroxylation sites is 1. The van der Waals surface area contributed by atoms with Gasteiger partial charge in [-0.1, -0.05) is 13.0 Å². The van der Waals surface area contributed by atoms with Gasteiger partial charge in [0.15, 0.2) is 0 Å². The Hall–Kier alpha value is -1.84. The molecule has 1 aromatic heterocycles. The molecule has 4 heteroatoms. The Labute approximate surface area is 105 Å². The maximum absolute atomic E-state index is 11.3. The van der Waals surface area contributed by atoms with Gasteiger partial charge in [0.25, 0.3) is 0 Å². The topological polar surface area (TPSA) is 55.1 Å². The van der Waals surface area contributed by atoms with E-state index >= 15 is 0 Å². The summed E-state index contributed by atoms with van der Waals surface area (Å²) in [6, 6.07) is 5.28. The maximum atomic E-state index is 11.3. The van der Waals surface area contributed by atoms with Gasteiger partial charge in [0, 0.05) is 6.54 Å². The molecule has 94 valence electrons. The van der Waals surface area contributed by atoms with E-state index in [2.05, 4.69) is 16.5 Å². The lowest BCUT2D eigenvalue weighted by molar-refractivity contribution is 0.0698. The first-order valence-electron chi connectivity index (χ1n) is 6.27. The van der Waals surface area contributed by atoms with Crippen molar-refractivity contribution in [1.29, 1.82) is 0 Å². The van der Waals surface area contributed by atoms with Gasteiger partial charge in [0.2, 0.25) is 0 Å². The summed E-state index contributed by atoms with van der Waals surface area (Å²) in [6.45, 7) is 5.06. The number of hydrogen-bond acceptors (Lipinski definition) is 2. The Kier molecular flexibility index (Phi) is 2.40. The third-order valence-electron chi connectivity index (χ3n) is 3.88. The fourth-order valence-corrected chi connectivity index (χ4v) is 2.59. The summed E-state index contributed by atoms with van der Waals surface area (Å²) < 4.78 is 2.06. The molecule has 2 unspecified atom stereocenters. The molecular weight excluding hydrogens is 228 g/mol. The SMILES string of the molecule is Cc1nc2cccc(C(=O)O)c2n1CC1CC1C. The van der Waals surface area contributed by atoms with Crippen molar-refractivity contribution in [2.75, 3.05) is 0 Å². The van der Waals surface area contributed by atoms with Crippen LogP contribution in [-0.4, -0.2) is 20.6 Å². The average Bonchev–Trinajstić information content (AvgIpc) is 2.91. The minimum Gasteiger partial charge on any atom is -0.478 e. The molecule has 1 aliphatic rings. The monoisotopic (exact) mass is 244 g/mol. The van der Waals surface area contributed by atoms with Crippen molar-refractivity contribution in [3.05, 3.63) is 29.6 Å². The molecule has 3 rings (SSSR count). The van der Waals surface area contributed by atoms with E-state index in [0.717, 1.165) is 29.3 Å². The number of hydrogen-bond donors (Lipinski definition) is 1. The lowest BCUT2D eigenvalue weighted by atomic mass is 10.2. The normalized spacial score (nSPS) is 22.3. The third-order valence-corrected chi connectivity index (χ3v) is 3.88. The molecule has 0 amide bonds. The molecule has 1 aliphatic carbocycles. The lowest BCUT2D eigenvalue weighted by Gasteiger charge is -2.07. The highest BCUT2D eigenvalue weighted by molar-refractivity contribution is 6.01. The van der Waals surface area contributed by atoms with E-state index in [4.69, 9.17) is 0 Å². The number of imidazole rings is 1. The largest absolute Gasteiger partial charge is 0.478 e. The second-order valence-corrected chi connectivity index (χ2v) is 5.22. The first-order chi connectivity index (χ1) is 8.58. The number of carbonyl (C=O) groups is 1. The predicted octanol–water partition coefficient (Wildman–Crippen LogP) is 2.70. The number of carboxylic acid groups (broad SMARTS) is 1. The molecule has 0 spiro atoms. The van der Waals surface area contributed by atoms with E-state index in [-0.39, 0.29) is 0 Å². The highest BCUT2D eigenvalue weighted by atomic mass is 16.4. The lowest BCUT2D eigenvalue weighted by Crippen LogP contribution is -2.07. The van der Waals surface area contributed by atoms with E-state index in [0.29, 0.717) is 11.5 Å². The van der Waals surface area contributed by atoms with Gasteiger partial charge in [-0.3, -0.25) is 0 Å². The molecule has 0 aliphatic heterocycles. The Bertz CT molecular complexity index is 630. The van der Waals surface area contributed by atoms with Gasteiger partial charge in [-0.05, 0) is 37.3 Å². The van der Waals surface area contributed by atoms with Crippen molar-refractivity contribution in [2.45, 2.75) is 26.8 Å². The molecule has 0 saturated heterocycles. The summed E-state index contributed by atoms with van der Waals surface area (Å²) in [6.07, 6.45) is 1.23. The molecule has 1 heterocycles. The van der Waals surface area contributed by atoms with Crippen molar-refractivity contribution in [2.24, 2.45) is 11.8 Å². The molecule has 2 aromatic rings. The molecule has 4 nitrogen and oxygen atoms in total. The summed E-state index contributed by atoms with van der Waals surface area (Å²) in [4.78, 5) is 15.8. The van der Waals surface area contributed by atoms with Crippen LogP contribution in [0.5, 0.6) is 0 Å². The van der Waals surface area contributed by atoms with Gasteiger partial charge in [0.1, 0.15) is 5.82 Å². The minimum atomic E-state index is -0.884. The second kappa shape index (κ2) is 3.83. The van der Waals surface area contributed by atoms with E-state index < -0.39 is 5.97 Å². The van der Waals surface area contributed by atoms with Gasteiger partial charge < -0.3 is 9.67 Å². The number of aromatic carboxylic acids is 1. The number of fused-ring (bicyclic) bond motifs is 1. The zero-order chi connectivity index (χ0) is 12.9. The Morgan fingerprint density at radius 2 is 2.28 bits per heavy atom. The molecule has 1 fully saturated rings. The molecule has 0 radical (unpaired) electrons. The highest BCUT2D eigenvalue weighted by Crippen LogP contribution is 2.40. The van der Waals surface area contributed by atoms with Crippen LogP contribution >= 0.6 is 0 Å².